The van der Waals surface area contributed by atoms with Gasteiger partial charge >= 0.3 is 0 Å². The summed E-state index contributed by atoms with van der Waals surface area (Å²) in [5.74, 6) is 1.76. The van der Waals surface area contributed by atoms with Crippen LogP contribution in [0.15, 0.2) is 158 Å². The van der Waals surface area contributed by atoms with Crippen molar-refractivity contribution in [1.82, 2.24) is 29.4 Å². The van der Waals surface area contributed by atoms with Crippen molar-refractivity contribution in [2.75, 3.05) is 0 Å². The van der Waals surface area contributed by atoms with Gasteiger partial charge in [-0.25, -0.2) is 9.97 Å². The van der Waals surface area contributed by atoms with Crippen LogP contribution >= 0.6 is 0 Å². The van der Waals surface area contributed by atoms with Crippen LogP contribution < -0.4 is 5.32 Å². The van der Waals surface area contributed by atoms with E-state index in [-0.39, 0.29) is 6.04 Å². The normalized spacial score (nSPS) is 14.7. The monoisotopic (exact) mass is 616 g/mol. The molecule has 1 aliphatic rings. The average molecular weight is 617 g/mol. The molecule has 9 aromatic rings. The molecule has 48 heavy (non-hydrogen) atoms. The van der Waals surface area contributed by atoms with E-state index in [0.717, 1.165) is 44.4 Å². The molecule has 4 aromatic heterocycles. The molecule has 0 aliphatic carbocycles. The molecule has 0 radical (unpaired) electrons. The second-order valence-corrected chi connectivity index (χ2v) is 12.2. The van der Waals surface area contributed by atoms with Crippen molar-refractivity contribution in [2.24, 2.45) is 0 Å². The van der Waals surface area contributed by atoms with E-state index in [0.29, 0.717) is 5.82 Å². The molecule has 0 bridgehead atoms. The number of dihydropyridines is 1. The number of para-hydroxylation sites is 2. The first-order valence-corrected chi connectivity index (χ1v) is 16.1. The number of aromatic nitrogens is 5. The van der Waals surface area contributed by atoms with Crippen LogP contribution in [0, 0.1) is 0 Å². The molecule has 0 amide bonds. The minimum absolute atomic E-state index is 0.0201. The van der Waals surface area contributed by atoms with Crippen LogP contribution in [0.4, 0.5) is 0 Å². The van der Waals surface area contributed by atoms with Crippen LogP contribution in [0.2, 0.25) is 0 Å². The first-order valence-electron chi connectivity index (χ1n) is 16.1. The molecule has 1 N–H and O–H groups in total. The van der Waals surface area contributed by atoms with E-state index in [1.54, 1.807) is 12.4 Å². The van der Waals surface area contributed by atoms with Crippen molar-refractivity contribution in [3.8, 4) is 17.1 Å². The van der Waals surface area contributed by atoms with Crippen molar-refractivity contribution >= 4 is 60.3 Å². The summed E-state index contributed by atoms with van der Waals surface area (Å²) in [5.41, 5.74) is 8.86. The predicted molar refractivity (Wildman–Crippen MR) is 196 cm³/mol. The average Bonchev–Trinajstić information content (AvgIpc) is 3.68. The topological polar surface area (TPSA) is 60.6 Å². The fraction of sp³-hybridized carbons (Fsp3) is 0.0238. The third kappa shape index (κ3) is 4.02. The molecular weight excluding hydrogens is 589 g/mol. The summed E-state index contributed by atoms with van der Waals surface area (Å²) < 4.78 is 4.70. The lowest BCUT2D eigenvalue weighted by Gasteiger charge is -2.24. The second-order valence-electron chi connectivity index (χ2n) is 12.2. The van der Waals surface area contributed by atoms with Crippen molar-refractivity contribution in [1.29, 1.82) is 0 Å². The summed E-state index contributed by atoms with van der Waals surface area (Å²) in [6.45, 7) is 0. The number of benzene rings is 5. The zero-order valence-corrected chi connectivity index (χ0v) is 25.8. The minimum Gasteiger partial charge on any atom is -0.361 e. The standard InChI is InChI=1S/C42H28N6/c1-3-12-35-31(9-1)32-10-2-4-13-36(32)48(35)39-14-5-11-34(46-39)29-17-21-33-38(26-29)47(37-22-18-27-8-6-23-43-41(27)40(33)37)30-19-15-28(16-20-30)42-44-24-7-25-45-42/h1-26,34,46H. The maximum atomic E-state index is 4.86. The van der Waals surface area contributed by atoms with Gasteiger partial charge in [-0.1, -0.05) is 72.8 Å². The largest absolute Gasteiger partial charge is 0.361 e. The highest BCUT2D eigenvalue weighted by molar-refractivity contribution is 6.20. The lowest BCUT2D eigenvalue weighted by atomic mass is 10.0. The van der Waals surface area contributed by atoms with Crippen LogP contribution in [0.5, 0.6) is 0 Å². The molecule has 0 saturated heterocycles. The lowest BCUT2D eigenvalue weighted by molar-refractivity contribution is 0.737. The lowest BCUT2D eigenvalue weighted by Crippen LogP contribution is -2.23. The van der Waals surface area contributed by atoms with Crippen molar-refractivity contribution in [2.45, 2.75) is 6.04 Å². The Labute approximate surface area is 275 Å². The van der Waals surface area contributed by atoms with E-state index >= 15 is 0 Å². The predicted octanol–water partition coefficient (Wildman–Crippen LogP) is 9.60. The number of nitrogens with one attached hydrogen (secondary N) is 1. The van der Waals surface area contributed by atoms with E-state index in [4.69, 9.17) is 4.98 Å². The van der Waals surface area contributed by atoms with Crippen molar-refractivity contribution < 1.29 is 0 Å². The fourth-order valence-corrected chi connectivity index (χ4v) is 7.37. The van der Waals surface area contributed by atoms with Crippen LogP contribution in [-0.2, 0) is 0 Å². The van der Waals surface area contributed by atoms with Crippen LogP contribution in [0.25, 0.3) is 77.4 Å². The van der Waals surface area contributed by atoms with Crippen molar-refractivity contribution in [3.05, 3.63) is 164 Å². The Hall–Kier alpha value is -6.53. The van der Waals surface area contributed by atoms with Gasteiger partial charge in [0.2, 0.25) is 0 Å². The number of nitrogens with zero attached hydrogens (tertiary/aromatic N) is 5. The highest BCUT2D eigenvalue weighted by Crippen LogP contribution is 2.39. The van der Waals surface area contributed by atoms with Gasteiger partial charge in [-0.2, -0.15) is 0 Å². The van der Waals surface area contributed by atoms with Gasteiger partial charge < -0.3 is 9.88 Å². The number of rotatable bonds is 4. The molecule has 6 heteroatoms. The summed E-state index contributed by atoms with van der Waals surface area (Å²) in [6.07, 6.45) is 12.0. The second kappa shape index (κ2) is 10.5. The van der Waals surface area contributed by atoms with Crippen LogP contribution in [0.1, 0.15) is 11.6 Å². The van der Waals surface area contributed by atoms with E-state index in [2.05, 4.69) is 152 Å². The molecule has 10 rings (SSSR count). The Bertz CT molecular complexity index is 2700. The number of hydrogen-bond donors (Lipinski definition) is 1. The molecule has 0 spiro atoms. The summed E-state index contributed by atoms with van der Waals surface area (Å²) in [4.78, 5) is 13.8. The maximum Gasteiger partial charge on any atom is 0.159 e. The maximum absolute atomic E-state index is 4.86. The minimum atomic E-state index is -0.0201. The zero-order valence-electron chi connectivity index (χ0n) is 25.8. The van der Waals surface area contributed by atoms with E-state index in [1.807, 2.05) is 18.3 Å². The van der Waals surface area contributed by atoms with Gasteiger partial charge in [0.25, 0.3) is 0 Å². The molecule has 5 heterocycles. The molecule has 1 aliphatic heterocycles. The molecule has 226 valence electrons. The van der Waals surface area contributed by atoms with Crippen molar-refractivity contribution in [3.63, 3.8) is 0 Å². The van der Waals surface area contributed by atoms with Gasteiger partial charge in [-0.05, 0) is 72.3 Å². The van der Waals surface area contributed by atoms with Gasteiger partial charge in [0, 0.05) is 56.8 Å². The summed E-state index contributed by atoms with van der Waals surface area (Å²) in [7, 11) is 0. The van der Waals surface area contributed by atoms with E-state index < -0.39 is 0 Å². The Morgan fingerprint density at radius 2 is 1.31 bits per heavy atom. The molecule has 1 atom stereocenters. The summed E-state index contributed by atoms with van der Waals surface area (Å²) in [6, 6.07) is 42.9. The Morgan fingerprint density at radius 1 is 0.562 bits per heavy atom. The van der Waals surface area contributed by atoms with Crippen LogP contribution in [-0.4, -0.2) is 24.1 Å². The molecule has 5 aromatic carbocycles. The highest BCUT2D eigenvalue weighted by Gasteiger charge is 2.21. The van der Waals surface area contributed by atoms with Gasteiger partial charge in [0.15, 0.2) is 5.82 Å². The fourth-order valence-electron chi connectivity index (χ4n) is 7.37. The molecular formula is C42H28N6. The van der Waals surface area contributed by atoms with Crippen LogP contribution in [0.3, 0.4) is 0 Å². The van der Waals surface area contributed by atoms with Gasteiger partial charge in [-0.3, -0.25) is 9.55 Å². The van der Waals surface area contributed by atoms with Gasteiger partial charge in [0.1, 0.15) is 5.82 Å². The summed E-state index contributed by atoms with van der Waals surface area (Å²) in [5, 5.41) is 9.82. The Morgan fingerprint density at radius 3 is 2.10 bits per heavy atom. The summed E-state index contributed by atoms with van der Waals surface area (Å²) >= 11 is 0. The first kappa shape index (κ1) is 26.7. The highest BCUT2D eigenvalue weighted by atomic mass is 15.2. The number of fused-ring (bicyclic) bond motifs is 8. The first-order chi connectivity index (χ1) is 23.8. The Kier molecular flexibility index (Phi) is 5.84. The molecule has 6 nitrogen and oxygen atoms in total. The van der Waals surface area contributed by atoms with E-state index in [1.165, 1.54) is 32.8 Å². The quantitative estimate of drug-likeness (QED) is 0.214. The zero-order chi connectivity index (χ0) is 31.6. The molecule has 0 fully saturated rings. The molecule has 0 saturated carbocycles. The third-order valence-electron chi connectivity index (χ3n) is 9.52. The van der Waals surface area contributed by atoms with Gasteiger partial charge in [0.05, 0.1) is 33.6 Å². The number of allylic oxidation sites excluding steroid dienone is 2. The number of hydrogen-bond acceptors (Lipinski definition) is 4. The van der Waals surface area contributed by atoms with Gasteiger partial charge in [-0.15, -0.1) is 0 Å². The number of pyridine rings is 1. The third-order valence-corrected chi connectivity index (χ3v) is 9.52. The molecule has 1 unspecified atom stereocenters. The van der Waals surface area contributed by atoms with E-state index in [9.17, 15) is 0 Å². The smallest absolute Gasteiger partial charge is 0.159 e. The Balaban J connectivity index is 1.13. The SMILES string of the molecule is C1=CC(c2ccc3c4c5ncccc5ccc4n(-c4ccc(-c5ncccn5)cc4)c3c2)NC(n2c3ccccc3c3ccccc32)=C1.